The topological polar surface area (TPSA) is 67.9 Å². The van der Waals surface area contributed by atoms with Crippen molar-refractivity contribution in [3.63, 3.8) is 0 Å². The van der Waals surface area contributed by atoms with E-state index in [4.69, 9.17) is 4.74 Å². The van der Waals surface area contributed by atoms with Gasteiger partial charge in [0.1, 0.15) is 0 Å². The zero-order chi connectivity index (χ0) is 26.5. The first-order valence-electron chi connectivity index (χ1n) is 10.4. The van der Waals surface area contributed by atoms with Crippen LogP contribution in [0.3, 0.4) is 0 Å². The Bertz CT molecular complexity index is 1140. The summed E-state index contributed by atoms with van der Waals surface area (Å²) in [5.74, 6) is -0.631. The van der Waals surface area contributed by atoms with E-state index in [1.807, 2.05) is 0 Å². The van der Waals surface area contributed by atoms with Crippen molar-refractivity contribution in [2.45, 2.75) is 22.1 Å². The lowest BCUT2D eigenvalue weighted by Crippen LogP contribution is -2.39. The molecule has 0 atom stereocenters. The summed E-state index contributed by atoms with van der Waals surface area (Å²) in [4.78, 5) is 24.5. The molecular weight excluding hydrogens is 514 g/mol. The number of amides is 2. The number of hydrogen-bond acceptors (Lipinski definition) is 5. The molecule has 1 aliphatic heterocycles. The van der Waals surface area contributed by atoms with Crippen molar-refractivity contribution in [1.82, 2.24) is 4.90 Å². The smallest absolute Gasteiger partial charge is 0.418 e. The van der Waals surface area contributed by atoms with Gasteiger partial charge in [-0.25, -0.2) is 4.79 Å². The van der Waals surface area contributed by atoms with Crippen molar-refractivity contribution in [3.05, 3.63) is 59.2 Å². The summed E-state index contributed by atoms with van der Waals surface area (Å²) in [5, 5.41) is 2.33. The number of carbonyl (C=O) groups excluding carboxylic acids is 2. The van der Waals surface area contributed by atoms with E-state index < -0.39 is 45.9 Å². The number of methoxy groups -OCH3 is 1. The average Bonchev–Trinajstić information content (AvgIpc) is 2.82. The lowest BCUT2D eigenvalue weighted by Gasteiger charge is -2.25. The number of ether oxygens (including phenoxy) is 2. The number of halogens is 6. The molecule has 3 rings (SSSR count). The second kappa shape index (κ2) is 11.2. The zero-order valence-electron chi connectivity index (χ0n) is 18.7. The van der Waals surface area contributed by atoms with Gasteiger partial charge in [-0.05, 0) is 35.9 Å². The molecule has 2 aromatic rings. The quantitative estimate of drug-likeness (QED) is 0.381. The van der Waals surface area contributed by atoms with Gasteiger partial charge in [0.2, 0.25) is 5.91 Å². The molecule has 0 bridgehead atoms. The molecule has 1 heterocycles. The molecular formula is C23H20F6N2O4S. The van der Waals surface area contributed by atoms with Crippen LogP contribution in [0, 0.1) is 0 Å². The van der Waals surface area contributed by atoms with E-state index in [0.717, 1.165) is 31.4 Å². The molecule has 2 aromatic carbocycles. The lowest BCUT2D eigenvalue weighted by atomic mass is 9.99. The van der Waals surface area contributed by atoms with Gasteiger partial charge in [-0.15, -0.1) is 0 Å². The number of nitrogens with zero attached hydrogens (tertiary/aromatic N) is 1. The van der Waals surface area contributed by atoms with E-state index in [2.05, 4.69) is 10.1 Å². The molecule has 194 valence electrons. The van der Waals surface area contributed by atoms with Crippen molar-refractivity contribution < 1.29 is 45.4 Å². The van der Waals surface area contributed by atoms with E-state index >= 15 is 0 Å². The number of benzene rings is 2. The molecule has 1 saturated heterocycles. The van der Waals surface area contributed by atoms with Crippen molar-refractivity contribution in [3.8, 4) is 0 Å². The van der Waals surface area contributed by atoms with Crippen molar-refractivity contribution in [1.29, 1.82) is 0 Å². The first-order chi connectivity index (χ1) is 16.9. The van der Waals surface area contributed by atoms with Gasteiger partial charge in [0.25, 0.3) is 0 Å². The average molecular weight is 534 g/mol. The van der Waals surface area contributed by atoms with Crippen LogP contribution in [-0.2, 0) is 26.6 Å². The highest BCUT2D eigenvalue weighted by atomic mass is 32.2. The summed E-state index contributed by atoms with van der Waals surface area (Å²) < 4.78 is 93.5. The molecule has 0 spiro atoms. The van der Waals surface area contributed by atoms with Crippen LogP contribution in [0.1, 0.15) is 16.7 Å². The molecule has 0 aliphatic carbocycles. The largest absolute Gasteiger partial charge is 0.453 e. The third kappa shape index (κ3) is 6.94. The van der Waals surface area contributed by atoms with Gasteiger partial charge in [0.15, 0.2) is 0 Å². The second-order valence-electron chi connectivity index (χ2n) is 7.42. The third-order valence-electron chi connectivity index (χ3n) is 4.99. The summed E-state index contributed by atoms with van der Waals surface area (Å²) in [7, 11) is 1.12. The minimum Gasteiger partial charge on any atom is -0.453 e. The van der Waals surface area contributed by atoms with Crippen molar-refractivity contribution in [2.75, 3.05) is 38.7 Å². The maximum atomic E-state index is 14.0. The van der Waals surface area contributed by atoms with Crippen molar-refractivity contribution >= 4 is 35.5 Å². The van der Waals surface area contributed by atoms with E-state index in [1.165, 1.54) is 29.2 Å². The summed E-state index contributed by atoms with van der Waals surface area (Å²) in [6.45, 7) is 0.965. The number of carbonyl (C=O) groups is 2. The van der Waals surface area contributed by atoms with Crippen LogP contribution < -0.4 is 5.32 Å². The summed E-state index contributed by atoms with van der Waals surface area (Å²) in [5.41, 5.74) is -4.37. The van der Waals surface area contributed by atoms with Gasteiger partial charge in [0.05, 0.1) is 31.5 Å². The van der Waals surface area contributed by atoms with Crippen molar-refractivity contribution in [2.24, 2.45) is 0 Å². The minimum absolute atomic E-state index is 0.147. The molecule has 13 heteroatoms. The molecule has 0 aromatic heterocycles. The maximum Gasteiger partial charge on any atom is 0.418 e. The van der Waals surface area contributed by atoms with Gasteiger partial charge < -0.3 is 14.4 Å². The van der Waals surface area contributed by atoms with Gasteiger partial charge in [-0.3, -0.25) is 10.1 Å². The number of nitrogens with one attached hydrogen (secondary N) is 1. The Kier molecular flexibility index (Phi) is 8.56. The minimum atomic E-state index is -5.36. The fourth-order valence-corrected chi connectivity index (χ4v) is 4.44. The highest BCUT2D eigenvalue weighted by molar-refractivity contribution is 7.99. The van der Waals surface area contributed by atoms with Gasteiger partial charge in [-0.2, -0.15) is 26.3 Å². The van der Waals surface area contributed by atoms with Crippen LogP contribution in [0.15, 0.2) is 52.3 Å². The van der Waals surface area contributed by atoms with Crippen LogP contribution in [0.25, 0.3) is 6.08 Å². The Hall–Kier alpha value is -3.19. The Morgan fingerprint density at radius 1 is 1.03 bits per heavy atom. The Morgan fingerprint density at radius 2 is 1.69 bits per heavy atom. The number of morpholine rings is 1. The van der Waals surface area contributed by atoms with Crippen LogP contribution >= 0.6 is 11.8 Å². The Labute approximate surface area is 206 Å². The van der Waals surface area contributed by atoms with Gasteiger partial charge >= 0.3 is 18.4 Å². The molecule has 36 heavy (non-hydrogen) atoms. The maximum absolute atomic E-state index is 14.0. The van der Waals surface area contributed by atoms with Crippen LogP contribution in [0.4, 0.5) is 36.8 Å². The molecule has 0 radical (unpaired) electrons. The second-order valence-corrected chi connectivity index (χ2v) is 8.53. The Balaban J connectivity index is 2.02. The fraction of sp³-hybridized carbons (Fsp3) is 0.304. The molecule has 0 unspecified atom stereocenters. The summed E-state index contributed by atoms with van der Waals surface area (Å²) in [6.07, 6.45) is -9.98. The first-order valence-corrected chi connectivity index (χ1v) is 11.2. The molecule has 1 aliphatic rings. The van der Waals surface area contributed by atoms with Crippen LogP contribution in [0.5, 0.6) is 0 Å². The summed E-state index contributed by atoms with van der Waals surface area (Å²) in [6, 6.07) is 7.34. The number of alkyl halides is 6. The monoisotopic (exact) mass is 534 g/mol. The van der Waals surface area contributed by atoms with Crippen LogP contribution in [-0.4, -0.2) is 50.3 Å². The van der Waals surface area contributed by atoms with Gasteiger partial charge in [-0.1, -0.05) is 23.9 Å². The van der Waals surface area contributed by atoms with E-state index in [9.17, 15) is 35.9 Å². The van der Waals surface area contributed by atoms with E-state index in [-0.39, 0.29) is 36.9 Å². The number of rotatable bonds is 5. The lowest BCUT2D eigenvalue weighted by molar-refractivity contribution is -0.163. The fourth-order valence-electron chi connectivity index (χ4n) is 3.39. The first kappa shape index (κ1) is 27.4. The normalized spacial score (nSPS) is 14.7. The highest BCUT2D eigenvalue weighted by Gasteiger charge is 2.46. The zero-order valence-corrected chi connectivity index (χ0v) is 19.5. The Morgan fingerprint density at radius 3 is 2.31 bits per heavy atom. The summed E-state index contributed by atoms with van der Waals surface area (Å²) >= 11 is 0.451. The molecule has 0 saturated carbocycles. The highest BCUT2D eigenvalue weighted by Crippen LogP contribution is 2.48. The number of hydrogen-bond donors (Lipinski definition) is 1. The third-order valence-corrected chi connectivity index (χ3v) is 6.04. The van der Waals surface area contributed by atoms with E-state index in [0.29, 0.717) is 11.8 Å². The molecule has 2 amide bonds. The molecule has 6 nitrogen and oxygen atoms in total. The molecule has 1 N–H and O–H groups in total. The SMILES string of the molecule is COC(=O)Nc1cccc(Sc2ccc(/C=C/C(=O)N3CCOCC3)c(C(F)(F)F)c2C(F)(F)F)c1. The van der Waals surface area contributed by atoms with Gasteiger partial charge in [0, 0.05) is 34.6 Å². The predicted octanol–water partition coefficient (Wildman–Crippen LogP) is 5.93. The number of anilines is 1. The van der Waals surface area contributed by atoms with Crippen LogP contribution in [0.2, 0.25) is 0 Å². The van der Waals surface area contributed by atoms with E-state index in [1.54, 1.807) is 0 Å². The standard InChI is InChI=1S/C23H20F6N2O4S/c1-34-21(33)30-15-3-2-4-16(13-15)36-17-7-5-14(6-8-18(32)31-9-11-35-12-10-31)19(22(24,25)26)20(17)23(27,28)29/h2-8,13H,9-12H2,1H3,(H,30,33)/b8-6+. The predicted molar refractivity (Wildman–Crippen MR) is 119 cm³/mol. The molecule has 1 fully saturated rings.